The van der Waals surface area contributed by atoms with E-state index in [1.54, 1.807) is 12.1 Å². The van der Waals surface area contributed by atoms with Crippen LogP contribution in [0.5, 0.6) is 0 Å². The summed E-state index contributed by atoms with van der Waals surface area (Å²) in [5, 5.41) is 5.50. The van der Waals surface area contributed by atoms with E-state index in [0.29, 0.717) is 31.6 Å². The number of hydrogen-bond donors (Lipinski definition) is 3. The van der Waals surface area contributed by atoms with Crippen LogP contribution >= 0.6 is 0 Å². The van der Waals surface area contributed by atoms with E-state index in [1.807, 2.05) is 19.1 Å². The van der Waals surface area contributed by atoms with Gasteiger partial charge in [0.15, 0.2) is 0 Å². The molecule has 0 aliphatic carbocycles. The lowest BCUT2D eigenvalue weighted by molar-refractivity contribution is -0.120. The summed E-state index contributed by atoms with van der Waals surface area (Å²) in [5.74, 6) is -0.196. The molecule has 0 saturated heterocycles. The topological polar surface area (TPSA) is 84.2 Å². The molecule has 0 unspecified atom stereocenters. The number of hydrogen-bond acceptors (Lipinski definition) is 3. The molecule has 0 aromatic heterocycles. The highest BCUT2D eigenvalue weighted by molar-refractivity contribution is 5.94. The van der Waals surface area contributed by atoms with Gasteiger partial charge in [0.25, 0.3) is 5.91 Å². The second-order valence-corrected chi connectivity index (χ2v) is 4.59. The Hall–Kier alpha value is -1.88. The summed E-state index contributed by atoms with van der Waals surface area (Å²) in [5.41, 5.74) is 7.18. The number of carbonyl (C=O) groups is 2. The van der Waals surface area contributed by atoms with Gasteiger partial charge in [-0.15, -0.1) is 0 Å². The molecule has 0 atom stereocenters. The molecule has 0 aliphatic heterocycles. The Labute approximate surface area is 119 Å². The van der Waals surface area contributed by atoms with Gasteiger partial charge >= 0.3 is 0 Å². The summed E-state index contributed by atoms with van der Waals surface area (Å²) in [6.07, 6.45) is 2.02. The number of nitrogens with one attached hydrogen (secondary N) is 2. The highest BCUT2D eigenvalue weighted by Crippen LogP contribution is 2.04. The third-order valence-corrected chi connectivity index (χ3v) is 2.86. The van der Waals surface area contributed by atoms with Gasteiger partial charge in [0, 0.05) is 25.1 Å². The molecular weight excluding hydrogens is 254 g/mol. The molecule has 0 fully saturated rings. The maximum atomic E-state index is 11.8. The summed E-state index contributed by atoms with van der Waals surface area (Å²) in [4.78, 5) is 23.2. The Morgan fingerprint density at radius 1 is 1.10 bits per heavy atom. The van der Waals surface area contributed by atoms with Crippen molar-refractivity contribution in [1.82, 2.24) is 10.6 Å². The van der Waals surface area contributed by atoms with Gasteiger partial charge in [0.05, 0.1) is 0 Å². The van der Waals surface area contributed by atoms with Crippen molar-refractivity contribution in [2.45, 2.75) is 26.2 Å². The predicted octanol–water partition coefficient (Wildman–Crippen LogP) is 0.834. The van der Waals surface area contributed by atoms with E-state index in [2.05, 4.69) is 10.6 Å². The van der Waals surface area contributed by atoms with Crippen LogP contribution in [0, 0.1) is 0 Å². The van der Waals surface area contributed by atoms with Gasteiger partial charge in [0.1, 0.15) is 0 Å². The van der Waals surface area contributed by atoms with Crippen molar-refractivity contribution in [2.24, 2.45) is 5.73 Å². The Kier molecular flexibility index (Phi) is 7.35. The number of benzene rings is 1. The van der Waals surface area contributed by atoms with E-state index in [9.17, 15) is 9.59 Å². The van der Waals surface area contributed by atoms with Crippen LogP contribution in [-0.4, -0.2) is 31.4 Å². The summed E-state index contributed by atoms with van der Waals surface area (Å²) in [6.45, 7) is 3.61. The lowest BCUT2D eigenvalue weighted by Gasteiger charge is -2.06. The van der Waals surface area contributed by atoms with Crippen LogP contribution < -0.4 is 16.4 Å². The quantitative estimate of drug-likeness (QED) is 0.658. The first-order valence-corrected chi connectivity index (χ1v) is 7.01. The third-order valence-electron chi connectivity index (χ3n) is 2.86. The molecule has 0 spiro atoms. The fraction of sp³-hybridized carbons (Fsp3) is 0.467. The van der Waals surface area contributed by atoms with Crippen LogP contribution in [-0.2, 0) is 11.2 Å². The second kappa shape index (κ2) is 9.09. The highest BCUT2D eigenvalue weighted by Gasteiger charge is 2.06. The van der Waals surface area contributed by atoms with E-state index in [0.717, 1.165) is 18.4 Å². The smallest absolute Gasteiger partial charge is 0.251 e. The third kappa shape index (κ3) is 5.84. The van der Waals surface area contributed by atoms with Gasteiger partial charge in [-0.2, -0.15) is 0 Å². The predicted molar refractivity (Wildman–Crippen MR) is 79.5 cm³/mol. The Morgan fingerprint density at radius 3 is 2.40 bits per heavy atom. The molecule has 0 bridgehead atoms. The average Bonchev–Trinajstić information content (AvgIpc) is 2.46. The largest absolute Gasteiger partial charge is 0.356 e. The zero-order valence-corrected chi connectivity index (χ0v) is 11.9. The van der Waals surface area contributed by atoms with Crippen LogP contribution in [0.15, 0.2) is 24.3 Å². The van der Waals surface area contributed by atoms with E-state index in [1.165, 1.54) is 0 Å². The van der Waals surface area contributed by atoms with E-state index < -0.39 is 0 Å². The molecule has 5 nitrogen and oxygen atoms in total. The molecule has 0 heterocycles. The van der Waals surface area contributed by atoms with Crippen molar-refractivity contribution in [2.75, 3.05) is 19.6 Å². The maximum Gasteiger partial charge on any atom is 0.251 e. The van der Waals surface area contributed by atoms with E-state index >= 15 is 0 Å². The van der Waals surface area contributed by atoms with Crippen molar-refractivity contribution >= 4 is 11.8 Å². The van der Waals surface area contributed by atoms with Crippen molar-refractivity contribution < 1.29 is 9.59 Å². The normalized spacial score (nSPS) is 10.1. The number of rotatable bonds is 8. The van der Waals surface area contributed by atoms with E-state index in [-0.39, 0.29) is 11.8 Å². The van der Waals surface area contributed by atoms with Gasteiger partial charge in [-0.05, 0) is 37.1 Å². The van der Waals surface area contributed by atoms with Crippen LogP contribution in [0.4, 0.5) is 0 Å². The summed E-state index contributed by atoms with van der Waals surface area (Å²) < 4.78 is 0. The zero-order chi connectivity index (χ0) is 14.8. The number of carbonyl (C=O) groups excluding carboxylic acids is 2. The monoisotopic (exact) mass is 277 g/mol. The summed E-state index contributed by atoms with van der Waals surface area (Å²) in [6, 6.07) is 7.35. The van der Waals surface area contributed by atoms with Gasteiger partial charge < -0.3 is 16.4 Å². The summed E-state index contributed by atoms with van der Waals surface area (Å²) in [7, 11) is 0. The average molecular weight is 277 g/mol. The first-order valence-electron chi connectivity index (χ1n) is 7.01. The molecule has 0 radical (unpaired) electrons. The molecule has 4 N–H and O–H groups in total. The molecule has 1 rings (SSSR count). The van der Waals surface area contributed by atoms with Gasteiger partial charge in [0.2, 0.25) is 5.91 Å². The molecule has 0 saturated carbocycles. The fourth-order valence-corrected chi connectivity index (χ4v) is 1.73. The molecule has 2 amide bonds. The van der Waals surface area contributed by atoms with Crippen molar-refractivity contribution in [3.05, 3.63) is 35.4 Å². The first-order chi connectivity index (χ1) is 9.67. The molecular formula is C15H23N3O2. The zero-order valence-electron chi connectivity index (χ0n) is 11.9. The standard InChI is InChI=1S/C15H23N3O2/c1-2-10-17-14(19)8-11-18-15(20)13-5-3-12(4-6-13)7-9-16/h3-6H,2,7-11,16H2,1H3,(H,17,19)(H,18,20). The number of nitrogens with two attached hydrogens (primary N) is 1. The highest BCUT2D eigenvalue weighted by atomic mass is 16.2. The van der Waals surface area contributed by atoms with E-state index in [4.69, 9.17) is 5.73 Å². The van der Waals surface area contributed by atoms with Gasteiger partial charge in [-0.1, -0.05) is 19.1 Å². The van der Waals surface area contributed by atoms with Crippen LogP contribution in [0.3, 0.4) is 0 Å². The minimum absolute atomic E-state index is 0.0366. The second-order valence-electron chi connectivity index (χ2n) is 4.59. The Balaban J connectivity index is 2.33. The van der Waals surface area contributed by atoms with Gasteiger partial charge in [-0.25, -0.2) is 0 Å². The van der Waals surface area contributed by atoms with Crippen LogP contribution in [0.1, 0.15) is 35.7 Å². The van der Waals surface area contributed by atoms with Crippen molar-refractivity contribution in [3.63, 3.8) is 0 Å². The SMILES string of the molecule is CCCNC(=O)CCNC(=O)c1ccc(CCN)cc1. The molecule has 1 aromatic carbocycles. The van der Waals surface area contributed by atoms with Crippen LogP contribution in [0.25, 0.3) is 0 Å². The van der Waals surface area contributed by atoms with Crippen LogP contribution in [0.2, 0.25) is 0 Å². The van der Waals surface area contributed by atoms with Crippen molar-refractivity contribution in [3.8, 4) is 0 Å². The maximum absolute atomic E-state index is 11.8. The molecule has 20 heavy (non-hydrogen) atoms. The Morgan fingerprint density at radius 2 is 1.80 bits per heavy atom. The Bertz CT molecular complexity index is 429. The molecule has 110 valence electrons. The first kappa shape index (κ1) is 16.2. The lowest BCUT2D eigenvalue weighted by Crippen LogP contribution is -2.31. The van der Waals surface area contributed by atoms with Gasteiger partial charge in [-0.3, -0.25) is 9.59 Å². The molecule has 0 aliphatic rings. The fourth-order valence-electron chi connectivity index (χ4n) is 1.73. The molecule has 5 heteroatoms. The summed E-state index contributed by atoms with van der Waals surface area (Å²) >= 11 is 0. The minimum atomic E-state index is -0.160. The van der Waals surface area contributed by atoms with Crippen molar-refractivity contribution in [1.29, 1.82) is 0 Å². The lowest BCUT2D eigenvalue weighted by atomic mass is 10.1. The molecule has 1 aromatic rings. The number of amides is 2. The minimum Gasteiger partial charge on any atom is -0.356 e.